The van der Waals surface area contributed by atoms with Crippen LogP contribution in [0.1, 0.15) is 10.4 Å². The maximum Gasteiger partial charge on any atom is 0.271 e. The van der Waals surface area contributed by atoms with Gasteiger partial charge in [0.2, 0.25) is 5.88 Å². The highest BCUT2D eigenvalue weighted by Gasteiger charge is 2.09. The third kappa shape index (κ3) is 2.61. The molecule has 3 rings (SSSR count). The number of tetrazole rings is 1. The fraction of sp³-hybridized carbons (Fsp3) is 0.0833. The lowest BCUT2D eigenvalue weighted by molar-refractivity contribution is 0.0962. The maximum absolute atomic E-state index is 13.5. The quantitative estimate of drug-likeness (QED) is 0.673. The number of amides is 1. The fourth-order valence-electron chi connectivity index (χ4n) is 1.72. The largest absolute Gasteiger partial charge is 0.479 e. The average molecular weight is 303 g/mol. The van der Waals surface area contributed by atoms with E-state index in [1.54, 1.807) is 12.1 Å². The Morgan fingerprint density at radius 3 is 3.05 bits per heavy atom. The van der Waals surface area contributed by atoms with Gasteiger partial charge in [-0.2, -0.15) is 4.52 Å². The van der Waals surface area contributed by atoms with Crippen molar-refractivity contribution in [2.45, 2.75) is 0 Å². The number of fused-ring (bicyclic) bond motifs is 1. The number of carbonyl (C=O) groups is 1. The van der Waals surface area contributed by atoms with Gasteiger partial charge in [0, 0.05) is 12.3 Å². The van der Waals surface area contributed by atoms with Gasteiger partial charge in [-0.15, -0.1) is 5.10 Å². The lowest BCUT2D eigenvalue weighted by Gasteiger charge is -2.09. The van der Waals surface area contributed by atoms with Gasteiger partial charge in [-0.05, 0) is 22.6 Å². The average Bonchev–Trinajstić information content (AvgIpc) is 3.00. The van der Waals surface area contributed by atoms with Crippen molar-refractivity contribution < 1.29 is 13.9 Å². The van der Waals surface area contributed by atoms with Crippen LogP contribution in [-0.4, -0.2) is 38.0 Å². The van der Waals surface area contributed by atoms with Crippen LogP contribution in [0.4, 0.5) is 10.1 Å². The zero-order valence-corrected chi connectivity index (χ0v) is 11.3. The SMILES string of the molecule is COc1ncc(NNC(=O)c2ccc3nnnn3c2)cc1F. The summed E-state index contributed by atoms with van der Waals surface area (Å²) in [5, 5.41) is 10.9. The zero-order chi connectivity index (χ0) is 15.5. The Labute approximate surface area is 123 Å². The number of aromatic nitrogens is 5. The zero-order valence-electron chi connectivity index (χ0n) is 11.3. The van der Waals surface area contributed by atoms with Crippen LogP contribution in [0.25, 0.3) is 5.65 Å². The van der Waals surface area contributed by atoms with Crippen LogP contribution in [0, 0.1) is 5.82 Å². The highest BCUT2D eigenvalue weighted by molar-refractivity contribution is 5.94. The number of halogens is 1. The molecule has 0 saturated heterocycles. The maximum atomic E-state index is 13.5. The number of pyridine rings is 2. The molecule has 0 bridgehead atoms. The first kappa shape index (κ1) is 13.7. The second-order valence-corrected chi connectivity index (χ2v) is 4.19. The number of nitrogens with zero attached hydrogens (tertiary/aromatic N) is 5. The molecule has 0 aliphatic rings. The number of carbonyl (C=O) groups excluding carboxylic acids is 1. The van der Waals surface area contributed by atoms with E-state index in [9.17, 15) is 9.18 Å². The topological polar surface area (TPSA) is 106 Å². The molecular formula is C12H10FN7O2. The summed E-state index contributed by atoms with van der Waals surface area (Å²) in [6.07, 6.45) is 2.80. The fourth-order valence-corrected chi connectivity index (χ4v) is 1.72. The van der Waals surface area contributed by atoms with Crippen LogP contribution < -0.4 is 15.6 Å². The van der Waals surface area contributed by atoms with Crippen molar-refractivity contribution in [3.8, 4) is 5.88 Å². The summed E-state index contributed by atoms with van der Waals surface area (Å²) in [4.78, 5) is 15.7. The summed E-state index contributed by atoms with van der Waals surface area (Å²) in [5.41, 5.74) is 6.10. The molecule has 0 unspecified atom stereocenters. The summed E-state index contributed by atoms with van der Waals surface area (Å²) < 4.78 is 19.5. The molecule has 0 fully saturated rings. The predicted molar refractivity (Wildman–Crippen MR) is 72.6 cm³/mol. The van der Waals surface area contributed by atoms with E-state index in [1.807, 2.05) is 0 Å². The second kappa shape index (κ2) is 5.60. The molecule has 1 amide bonds. The van der Waals surface area contributed by atoms with Crippen molar-refractivity contribution in [1.29, 1.82) is 0 Å². The molecule has 3 heterocycles. The number of rotatable bonds is 4. The van der Waals surface area contributed by atoms with Crippen LogP contribution in [0.15, 0.2) is 30.6 Å². The van der Waals surface area contributed by atoms with Crippen molar-refractivity contribution in [2.75, 3.05) is 12.5 Å². The van der Waals surface area contributed by atoms with Crippen molar-refractivity contribution in [3.05, 3.63) is 42.0 Å². The van der Waals surface area contributed by atoms with E-state index >= 15 is 0 Å². The molecule has 9 nitrogen and oxygen atoms in total. The monoisotopic (exact) mass is 303 g/mol. The lowest BCUT2D eigenvalue weighted by Crippen LogP contribution is -2.29. The summed E-state index contributed by atoms with van der Waals surface area (Å²) in [5.74, 6) is -1.20. The molecule has 10 heteroatoms. The van der Waals surface area contributed by atoms with E-state index in [1.165, 1.54) is 24.0 Å². The van der Waals surface area contributed by atoms with E-state index in [2.05, 4.69) is 31.4 Å². The number of anilines is 1. The van der Waals surface area contributed by atoms with Crippen molar-refractivity contribution in [2.24, 2.45) is 0 Å². The standard InChI is InChI=1S/C12H10FN7O2/c1-22-12-9(13)4-8(5-14-12)15-17-11(21)7-2-3-10-16-18-19-20(10)6-7/h2-6,15H,1H3,(H,17,21). The first-order valence-electron chi connectivity index (χ1n) is 6.11. The molecule has 22 heavy (non-hydrogen) atoms. The Morgan fingerprint density at radius 1 is 1.41 bits per heavy atom. The van der Waals surface area contributed by atoms with Gasteiger partial charge in [0.1, 0.15) is 0 Å². The first-order chi connectivity index (χ1) is 10.7. The highest BCUT2D eigenvalue weighted by Crippen LogP contribution is 2.16. The third-order valence-electron chi connectivity index (χ3n) is 2.77. The number of ether oxygens (including phenoxy) is 1. The Balaban J connectivity index is 1.70. The molecule has 112 valence electrons. The smallest absolute Gasteiger partial charge is 0.271 e. The van der Waals surface area contributed by atoms with Crippen molar-refractivity contribution in [1.82, 2.24) is 30.5 Å². The number of hydrogen-bond donors (Lipinski definition) is 2. The molecular weight excluding hydrogens is 293 g/mol. The van der Waals surface area contributed by atoms with Crippen LogP contribution >= 0.6 is 0 Å². The van der Waals surface area contributed by atoms with E-state index < -0.39 is 11.7 Å². The van der Waals surface area contributed by atoms with Gasteiger partial charge < -0.3 is 4.74 Å². The van der Waals surface area contributed by atoms with Crippen LogP contribution in [-0.2, 0) is 0 Å². The minimum atomic E-state index is -0.642. The summed E-state index contributed by atoms with van der Waals surface area (Å²) >= 11 is 0. The number of methoxy groups -OCH3 is 1. The van der Waals surface area contributed by atoms with Crippen molar-refractivity contribution >= 4 is 17.2 Å². The molecule has 0 aliphatic carbocycles. The van der Waals surface area contributed by atoms with Gasteiger partial charge in [0.15, 0.2) is 11.5 Å². The van der Waals surface area contributed by atoms with Crippen LogP contribution in [0.2, 0.25) is 0 Å². The Hall–Kier alpha value is -3.30. The number of hydrogen-bond acceptors (Lipinski definition) is 7. The molecule has 0 spiro atoms. The Morgan fingerprint density at radius 2 is 2.27 bits per heavy atom. The van der Waals surface area contributed by atoms with Gasteiger partial charge in [0.05, 0.1) is 24.6 Å². The molecule has 0 atom stereocenters. The van der Waals surface area contributed by atoms with Gasteiger partial charge in [-0.3, -0.25) is 15.6 Å². The van der Waals surface area contributed by atoms with Crippen molar-refractivity contribution in [3.63, 3.8) is 0 Å². The molecule has 0 saturated carbocycles. The number of hydrazine groups is 1. The van der Waals surface area contributed by atoms with E-state index in [0.29, 0.717) is 11.2 Å². The lowest BCUT2D eigenvalue weighted by atomic mass is 10.3. The minimum Gasteiger partial charge on any atom is -0.479 e. The summed E-state index contributed by atoms with van der Waals surface area (Å²) in [6.45, 7) is 0. The molecule has 3 aromatic rings. The molecule has 0 aromatic carbocycles. The van der Waals surface area contributed by atoms with Crippen LogP contribution in [0.5, 0.6) is 5.88 Å². The molecule has 3 aromatic heterocycles. The third-order valence-corrected chi connectivity index (χ3v) is 2.77. The molecule has 0 radical (unpaired) electrons. The number of nitrogens with one attached hydrogen (secondary N) is 2. The summed E-state index contributed by atoms with van der Waals surface area (Å²) in [6, 6.07) is 4.32. The molecule has 0 aliphatic heterocycles. The highest BCUT2D eigenvalue weighted by atomic mass is 19.1. The van der Waals surface area contributed by atoms with E-state index in [-0.39, 0.29) is 11.6 Å². The Kier molecular flexibility index (Phi) is 3.48. The molecule has 2 N–H and O–H groups in total. The second-order valence-electron chi connectivity index (χ2n) is 4.19. The minimum absolute atomic E-state index is 0.124. The first-order valence-corrected chi connectivity index (χ1v) is 6.11. The van der Waals surface area contributed by atoms with E-state index in [4.69, 9.17) is 4.74 Å². The van der Waals surface area contributed by atoms with Gasteiger partial charge in [-0.1, -0.05) is 0 Å². The normalized spacial score (nSPS) is 10.5. The predicted octanol–water partition coefficient (Wildman–Crippen LogP) is 0.424. The summed E-state index contributed by atoms with van der Waals surface area (Å²) in [7, 11) is 1.31. The van der Waals surface area contributed by atoms with Gasteiger partial charge in [0.25, 0.3) is 5.91 Å². The van der Waals surface area contributed by atoms with E-state index in [0.717, 1.165) is 6.07 Å². The Bertz CT molecular complexity index is 835. The van der Waals surface area contributed by atoms with Gasteiger partial charge >= 0.3 is 0 Å². The van der Waals surface area contributed by atoms with Gasteiger partial charge in [-0.25, -0.2) is 9.37 Å². The van der Waals surface area contributed by atoms with Crippen LogP contribution in [0.3, 0.4) is 0 Å².